The molecule has 14 heteroatoms. The molecule has 0 radical (unpaired) electrons. The first kappa shape index (κ1) is 24.6. The molecule has 0 aliphatic heterocycles. The highest BCUT2D eigenvalue weighted by atomic mass is 35.5. The summed E-state index contributed by atoms with van der Waals surface area (Å²) in [5.41, 5.74) is 4.70. The maximum absolute atomic E-state index is 14.0. The lowest BCUT2D eigenvalue weighted by atomic mass is 10.1. The zero-order valence-corrected chi connectivity index (χ0v) is 19.3. The monoisotopic (exact) mass is 519 g/mol. The number of sulfonamides is 1. The Bertz CT molecular complexity index is 1370. The summed E-state index contributed by atoms with van der Waals surface area (Å²) in [7, 11) is -9.57. The van der Waals surface area contributed by atoms with Crippen LogP contribution < -0.4 is 15.2 Å². The Morgan fingerprint density at radius 1 is 1.31 bits per heavy atom. The molecule has 32 heavy (non-hydrogen) atoms. The van der Waals surface area contributed by atoms with Crippen molar-refractivity contribution in [2.45, 2.75) is 9.99 Å². The van der Waals surface area contributed by atoms with Gasteiger partial charge in [0.05, 0.1) is 15.3 Å². The van der Waals surface area contributed by atoms with Crippen LogP contribution in [0.5, 0.6) is 5.75 Å². The quantitative estimate of drug-likeness (QED) is 0.330. The molecule has 0 aliphatic carbocycles. The van der Waals surface area contributed by atoms with E-state index in [0.29, 0.717) is 21.9 Å². The van der Waals surface area contributed by atoms with Crippen LogP contribution in [-0.2, 0) is 14.6 Å². The number of nitrogens with one attached hydrogen (secondary N) is 1. The number of nitrogens with two attached hydrogens (primary N) is 1. The first-order valence-corrected chi connectivity index (χ1v) is 13.1. The summed E-state index contributed by atoms with van der Waals surface area (Å²) in [4.78, 5) is 19.4. The second-order valence-corrected chi connectivity index (χ2v) is 11.6. The van der Waals surface area contributed by atoms with Gasteiger partial charge in [-0.1, -0.05) is 17.7 Å². The highest BCUT2D eigenvalue weighted by Gasteiger charge is 2.36. The van der Waals surface area contributed by atoms with Gasteiger partial charge in [0.25, 0.3) is 10.0 Å². The third-order valence-electron chi connectivity index (χ3n) is 4.21. The van der Waals surface area contributed by atoms with Crippen LogP contribution in [0.25, 0.3) is 10.1 Å². The van der Waals surface area contributed by atoms with Gasteiger partial charge in [0.15, 0.2) is 0 Å². The van der Waals surface area contributed by atoms with E-state index in [4.69, 9.17) is 27.3 Å². The SMILES string of the molecule is N#Cc1ccc(C(NS(=O)(=O)c2cc3cc(OCCN)cc(Cl)c3s2)P(=O)(O)O)cc1F. The van der Waals surface area contributed by atoms with Crippen molar-refractivity contribution in [3.05, 3.63) is 58.4 Å². The summed E-state index contributed by atoms with van der Waals surface area (Å²) < 4.78 is 59.3. The molecule has 170 valence electrons. The molecule has 1 heterocycles. The van der Waals surface area contributed by atoms with Crippen molar-refractivity contribution in [1.82, 2.24) is 4.72 Å². The van der Waals surface area contributed by atoms with Gasteiger partial charge >= 0.3 is 7.60 Å². The minimum absolute atomic E-state index is 0.224. The third-order valence-corrected chi connectivity index (χ3v) is 8.97. The smallest absolute Gasteiger partial charge is 0.347 e. The molecular formula is C18H16ClFN3O6PS2. The van der Waals surface area contributed by atoms with E-state index in [1.165, 1.54) is 12.1 Å². The van der Waals surface area contributed by atoms with Crippen LogP contribution in [0.2, 0.25) is 5.02 Å². The summed E-state index contributed by atoms with van der Waals surface area (Å²) in [6.07, 6.45) is 0. The van der Waals surface area contributed by atoms with Crippen molar-refractivity contribution >= 4 is 50.6 Å². The molecule has 0 saturated carbocycles. The Balaban J connectivity index is 2.01. The highest BCUT2D eigenvalue weighted by molar-refractivity contribution is 7.92. The van der Waals surface area contributed by atoms with Crippen LogP contribution in [-0.4, -0.2) is 31.4 Å². The van der Waals surface area contributed by atoms with E-state index in [-0.39, 0.29) is 33.5 Å². The predicted molar refractivity (Wildman–Crippen MR) is 118 cm³/mol. The lowest BCUT2D eigenvalue weighted by Crippen LogP contribution is -2.28. The van der Waals surface area contributed by atoms with Crippen LogP contribution in [0.1, 0.15) is 16.9 Å². The van der Waals surface area contributed by atoms with E-state index in [9.17, 15) is 27.2 Å². The van der Waals surface area contributed by atoms with Crippen molar-refractivity contribution in [2.75, 3.05) is 13.2 Å². The number of hydrogen-bond donors (Lipinski definition) is 4. The Kier molecular flexibility index (Phi) is 7.24. The number of nitrogens with zero attached hydrogens (tertiary/aromatic N) is 1. The molecule has 5 N–H and O–H groups in total. The van der Waals surface area contributed by atoms with Crippen molar-refractivity contribution in [2.24, 2.45) is 5.73 Å². The molecule has 0 amide bonds. The fourth-order valence-corrected chi connectivity index (χ4v) is 7.07. The minimum atomic E-state index is -5.12. The number of rotatable bonds is 8. The number of fused-ring (bicyclic) bond motifs is 1. The number of nitriles is 1. The summed E-state index contributed by atoms with van der Waals surface area (Å²) in [6, 6.07) is 8.68. The molecule has 0 bridgehead atoms. The second kappa shape index (κ2) is 9.43. The molecule has 3 rings (SSSR count). The molecule has 1 unspecified atom stereocenters. The molecular weight excluding hydrogens is 504 g/mol. The molecule has 0 aliphatic rings. The van der Waals surface area contributed by atoms with Crippen LogP contribution in [0.15, 0.2) is 40.6 Å². The zero-order valence-electron chi connectivity index (χ0n) is 16.0. The van der Waals surface area contributed by atoms with Crippen molar-refractivity contribution in [1.29, 1.82) is 5.26 Å². The molecule has 0 fully saturated rings. The van der Waals surface area contributed by atoms with Gasteiger partial charge in [0, 0.05) is 12.6 Å². The lowest BCUT2D eigenvalue weighted by Gasteiger charge is -2.20. The fourth-order valence-electron chi connectivity index (χ4n) is 2.78. The van der Waals surface area contributed by atoms with Gasteiger partial charge in [-0.25, -0.2) is 12.8 Å². The molecule has 1 atom stereocenters. The van der Waals surface area contributed by atoms with Crippen molar-refractivity contribution in [3.63, 3.8) is 0 Å². The maximum Gasteiger partial charge on any atom is 0.347 e. The number of halogens is 2. The largest absolute Gasteiger partial charge is 0.492 e. The predicted octanol–water partition coefficient (Wildman–Crippen LogP) is 3.06. The average Bonchev–Trinajstić information content (AvgIpc) is 3.15. The van der Waals surface area contributed by atoms with E-state index < -0.39 is 29.2 Å². The van der Waals surface area contributed by atoms with Gasteiger partial charge in [0.2, 0.25) is 0 Å². The normalized spacial score (nSPS) is 13.1. The Morgan fingerprint density at radius 3 is 2.62 bits per heavy atom. The maximum atomic E-state index is 14.0. The van der Waals surface area contributed by atoms with Gasteiger partial charge in [0.1, 0.15) is 34.2 Å². The summed E-state index contributed by atoms with van der Waals surface area (Å²) in [5.74, 6) is -2.73. The fraction of sp³-hybridized carbons (Fsp3) is 0.167. The number of ether oxygens (including phenoxy) is 1. The first-order chi connectivity index (χ1) is 15.0. The van der Waals surface area contributed by atoms with Crippen molar-refractivity contribution in [3.8, 4) is 11.8 Å². The summed E-state index contributed by atoms with van der Waals surface area (Å²) >= 11 is 7.00. The van der Waals surface area contributed by atoms with E-state index in [2.05, 4.69) is 0 Å². The first-order valence-electron chi connectivity index (χ1n) is 8.79. The summed E-state index contributed by atoms with van der Waals surface area (Å²) in [5, 5.41) is 9.48. The average molecular weight is 520 g/mol. The number of thiophene rings is 1. The number of hydrogen-bond acceptors (Lipinski definition) is 7. The van der Waals surface area contributed by atoms with Gasteiger partial charge in [-0.3, -0.25) is 4.57 Å². The molecule has 3 aromatic rings. The Morgan fingerprint density at radius 2 is 2.03 bits per heavy atom. The number of benzene rings is 2. The molecule has 0 spiro atoms. The zero-order chi connectivity index (χ0) is 23.7. The molecule has 2 aromatic carbocycles. The topological polar surface area (TPSA) is 163 Å². The van der Waals surface area contributed by atoms with Crippen LogP contribution in [0, 0.1) is 17.1 Å². The third kappa shape index (κ3) is 5.28. The lowest BCUT2D eigenvalue weighted by molar-refractivity contribution is 0.329. The van der Waals surface area contributed by atoms with Gasteiger partial charge < -0.3 is 20.3 Å². The second-order valence-electron chi connectivity index (χ2n) is 6.49. The Labute approximate surface area is 191 Å². The van der Waals surface area contributed by atoms with Gasteiger partial charge in [-0.05, 0) is 35.2 Å². The van der Waals surface area contributed by atoms with E-state index in [0.717, 1.165) is 23.5 Å². The van der Waals surface area contributed by atoms with Gasteiger partial charge in [-0.15, -0.1) is 11.3 Å². The van der Waals surface area contributed by atoms with Crippen LogP contribution in [0.3, 0.4) is 0 Å². The van der Waals surface area contributed by atoms with E-state index >= 15 is 0 Å². The van der Waals surface area contributed by atoms with E-state index in [1.807, 2.05) is 4.72 Å². The summed E-state index contributed by atoms with van der Waals surface area (Å²) in [6.45, 7) is 0.492. The molecule has 1 aromatic heterocycles. The highest BCUT2D eigenvalue weighted by Crippen LogP contribution is 2.51. The molecule has 9 nitrogen and oxygen atoms in total. The van der Waals surface area contributed by atoms with Crippen LogP contribution >= 0.6 is 30.5 Å². The van der Waals surface area contributed by atoms with E-state index in [1.54, 1.807) is 12.1 Å². The standard InChI is InChI=1S/C18H16ClFN3O6PS2/c19-14-8-13(29-4-3-21)5-12-7-16(31-17(12)14)32(27,28)23-18(30(24,25)26)10-1-2-11(9-22)15(20)6-10/h1-2,5-8,18,23H,3-4,21H2,(H2,24,25,26). The van der Waals surface area contributed by atoms with Crippen molar-refractivity contribution < 1.29 is 31.9 Å². The molecule has 0 saturated heterocycles. The van der Waals surface area contributed by atoms with Gasteiger partial charge in [-0.2, -0.15) is 9.98 Å². The Hall–Kier alpha value is -2.07. The van der Waals surface area contributed by atoms with Crippen LogP contribution in [0.4, 0.5) is 4.39 Å². The minimum Gasteiger partial charge on any atom is -0.492 e.